The molecule has 4 nitrogen and oxygen atoms in total. The highest BCUT2D eigenvalue weighted by Gasteiger charge is 2.29. The molecule has 7 heteroatoms. The van der Waals surface area contributed by atoms with Crippen LogP contribution < -0.4 is 10.6 Å². The van der Waals surface area contributed by atoms with E-state index < -0.39 is 0 Å². The van der Waals surface area contributed by atoms with Crippen molar-refractivity contribution in [3.8, 4) is 0 Å². The first-order chi connectivity index (χ1) is 8.58. The minimum absolute atomic E-state index is 0. The second-order valence-electron chi connectivity index (χ2n) is 4.87. The van der Waals surface area contributed by atoms with E-state index in [2.05, 4.69) is 29.5 Å². The molecule has 114 valence electrons. The van der Waals surface area contributed by atoms with Crippen molar-refractivity contribution in [3.05, 3.63) is 29.0 Å². The van der Waals surface area contributed by atoms with Crippen LogP contribution in [0.25, 0.3) is 0 Å². The number of piperidine rings is 1. The van der Waals surface area contributed by atoms with Crippen molar-refractivity contribution >= 4 is 42.3 Å². The molecule has 0 bridgehead atoms. The number of amides is 1. The van der Waals surface area contributed by atoms with E-state index >= 15 is 0 Å². The predicted octanol–water partition coefficient (Wildman–Crippen LogP) is 2.69. The van der Waals surface area contributed by atoms with E-state index in [0.717, 1.165) is 13.0 Å². The maximum Gasteiger partial charge on any atom is 0.270 e. The van der Waals surface area contributed by atoms with Crippen LogP contribution >= 0.6 is 36.4 Å². The van der Waals surface area contributed by atoms with E-state index in [9.17, 15) is 4.79 Å². The van der Waals surface area contributed by atoms with Crippen molar-refractivity contribution in [2.24, 2.45) is 5.92 Å². The number of carbonyl (C=O) groups excluding carboxylic acids is 1. The van der Waals surface area contributed by atoms with Gasteiger partial charge in [0.25, 0.3) is 5.91 Å². The molecule has 1 fully saturated rings. The molecule has 0 spiro atoms. The lowest BCUT2D eigenvalue weighted by molar-refractivity contribution is 0.0892. The molecule has 1 saturated heterocycles. The first-order valence-corrected chi connectivity index (χ1v) is 6.61. The van der Waals surface area contributed by atoms with Gasteiger partial charge in [0.05, 0.1) is 5.02 Å². The van der Waals surface area contributed by atoms with Gasteiger partial charge in [-0.3, -0.25) is 4.79 Å². The summed E-state index contributed by atoms with van der Waals surface area (Å²) < 4.78 is 0. The minimum atomic E-state index is -0.140. The van der Waals surface area contributed by atoms with Gasteiger partial charge in [-0.15, -0.1) is 24.8 Å². The quantitative estimate of drug-likeness (QED) is 0.870. The fraction of sp³-hybridized carbons (Fsp3) is 0.538. The average Bonchev–Trinajstić information content (AvgIpc) is 2.34. The first-order valence-electron chi connectivity index (χ1n) is 6.23. The summed E-state index contributed by atoms with van der Waals surface area (Å²) in [6, 6.07) is 3.74. The third kappa shape index (κ3) is 4.77. The number of nitrogens with one attached hydrogen (secondary N) is 2. The van der Waals surface area contributed by atoms with E-state index in [1.165, 1.54) is 6.20 Å². The van der Waals surface area contributed by atoms with Crippen molar-refractivity contribution in [2.45, 2.75) is 32.4 Å². The van der Waals surface area contributed by atoms with Gasteiger partial charge in [0, 0.05) is 18.3 Å². The number of aromatic nitrogens is 1. The molecule has 1 aromatic heterocycles. The Bertz CT molecular complexity index is 417. The van der Waals surface area contributed by atoms with Crippen molar-refractivity contribution in [2.75, 3.05) is 6.54 Å². The Kier molecular flexibility index (Phi) is 8.44. The number of hydrogen-bond donors (Lipinski definition) is 2. The molecule has 1 amide bonds. The zero-order chi connectivity index (χ0) is 13.1. The number of hydrogen-bond acceptors (Lipinski definition) is 3. The van der Waals surface area contributed by atoms with Gasteiger partial charge in [-0.05, 0) is 37.9 Å². The lowest BCUT2D eigenvalue weighted by atomic mass is 9.89. The molecule has 1 aromatic rings. The Hall–Kier alpha value is -0.550. The van der Waals surface area contributed by atoms with Crippen LogP contribution in [0.2, 0.25) is 5.02 Å². The summed E-state index contributed by atoms with van der Waals surface area (Å²) in [5.41, 5.74) is 0.407. The van der Waals surface area contributed by atoms with Crippen LogP contribution in [0.15, 0.2) is 18.3 Å². The van der Waals surface area contributed by atoms with Gasteiger partial charge in [-0.1, -0.05) is 18.5 Å². The van der Waals surface area contributed by atoms with Crippen LogP contribution in [-0.4, -0.2) is 29.5 Å². The molecule has 2 N–H and O–H groups in total. The molecular weight excluding hydrogens is 321 g/mol. The SMILES string of the molecule is CC1CCNC(C)C1NC(=O)c1ccc(Cl)cn1.Cl.Cl. The van der Waals surface area contributed by atoms with E-state index in [0.29, 0.717) is 16.6 Å². The topological polar surface area (TPSA) is 54.0 Å². The third-order valence-corrected chi connectivity index (χ3v) is 3.70. The van der Waals surface area contributed by atoms with E-state index in [1.54, 1.807) is 12.1 Å². The average molecular weight is 341 g/mol. The van der Waals surface area contributed by atoms with Crippen molar-refractivity contribution in [3.63, 3.8) is 0 Å². The molecule has 1 aliphatic heterocycles. The molecule has 0 aliphatic carbocycles. The molecular formula is C13H20Cl3N3O. The largest absolute Gasteiger partial charge is 0.346 e. The summed E-state index contributed by atoms with van der Waals surface area (Å²) in [7, 11) is 0. The Morgan fingerprint density at radius 3 is 2.65 bits per heavy atom. The zero-order valence-electron chi connectivity index (χ0n) is 11.4. The molecule has 0 aromatic carbocycles. The van der Waals surface area contributed by atoms with Crippen LogP contribution in [0.1, 0.15) is 30.8 Å². The highest BCUT2D eigenvalue weighted by Crippen LogP contribution is 2.16. The van der Waals surface area contributed by atoms with Crippen molar-refractivity contribution in [1.29, 1.82) is 0 Å². The van der Waals surface area contributed by atoms with E-state index in [-0.39, 0.29) is 42.8 Å². The van der Waals surface area contributed by atoms with Crippen LogP contribution in [0.3, 0.4) is 0 Å². The van der Waals surface area contributed by atoms with Crippen molar-refractivity contribution in [1.82, 2.24) is 15.6 Å². The summed E-state index contributed by atoms with van der Waals surface area (Å²) in [5, 5.41) is 6.95. The summed E-state index contributed by atoms with van der Waals surface area (Å²) in [6.45, 7) is 5.27. The lowest BCUT2D eigenvalue weighted by Crippen LogP contribution is -2.56. The van der Waals surface area contributed by atoms with Gasteiger partial charge in [0.1, 0.15) is 5.69 Å². The number of pyridine rings is 1. The molecule has 3 unspecified atom stereocenters. The van der Waals surface area contributed by atoms with Gasteiger partial charge in [-0.2, -0.15) is 0 Å². The van der Waals surface area contributed by atoms with Gasteiger partial charge in [0.15, 0.2) is 0 Å². The normalized spacial score (nSPS) is 25.1. The van der Waals surface area contributed by atoms with Gasteiger partial charge < -0.3 is 10.6 Å². The van der Waals surface area contributed by atoms with Gasteiger partial charge in [0.2, 0.25) is 0 Å². The summed E-state index contributed by atoms with van der Waals surface area (Å²) in [4.78, 5) is 16.1. The minimum Gasteiger partial charge on any atom is -0.346 e. The molecule has 20 heavy (non-hydrogen) atoms. The second-order valence-corrected chi connectivity index (χ2v) is 5.31. The van der Waals surface area contributed by atoms with Crippen LogP contribution in [0, 0.1) is 5.92 Å². The number of rotatable bonds is 2. The smallest absolute Gasteiger partial charge is 0.270 e. The standard InChI is InChI=1S/C13H18ClN3O.2ClH/c1-8-5-6-15-9(2)12(8)17-13(18)11-4-3-10(14)7-16-11;;/h3-4,7-9,12,15H,5-6H2,1-2H3,(H,17,18);2*1H. The van der Waals surface area contributed by atoms with E-state index in [1.807, 2.05) is 0 Å². The maximum atomic E-state index is 12.1. The van der Waals surface area contributed by atoms with E-state index in [4.69, 9.17) is 11.6 Å². The molecule has 1 aliphatic rings. The maximum absolute atomic E-state index is 12.1. The fourth-order valence-corrected chi connectivity index (χ4v) is 2.45. The van der Waals surface area contributed by atoms with Crippen LogP contribution in [-0.2, 0) is 0 Å². The molecule has 2 heterocycles. The molecule has 0 radical (unpaired) electrons. The zero-order valence-corrected chi connectivity index (χ0v) is 13.8. The third-order valence-electron chi connectivity index (χ3n) is 3.48. The highest BCUT2D eigenvalue weighted by molar-refractivity contribution is 6.30. The summed E-state index contributed by atoms with van der Waals surface area (Å²) in [6.07, 6.45) is 2.56. The highest BCUT2D eigenvalue weighted by atomic mass is 35.5. The Balaban J connectivity index is 0.00000180. The fourth-order valence-electron chi connectivity index (χ4n) is 2.34. The van der Waals surface area contributed by atoms with Gasteiger partial charge in [-0.25, -0.2) is 4.98 Å². The lowest BCUT2D eigenvalue weighted by Gasteiger charge is -2.35. The Morgan fingerprint density at radius 1 is 1.40 bits per heavy atom. The van der Waals surface area contributed by atoms with Crippen molar-refractivity contribution < 1.29 is 4.79 Å². The van der Waals surface area contributed by atoms with Crippen LogP contribution in [0.4, 0.5) is 0 Å². The monoisotopic (exact) mass is 339 g/mol. The predicted molar refractivity (Wildman–Crippen MR) is 86.2 cm³/mol. The molecule has 3 atom stereocenters. The summed E-state index contributed by atoms with van der Waals surface area (Å²) >= 11 is 5.75. The Morgan fingerprint density at radius 2 is 2.10 bits per heavy atom. The van der Waals surface area contributed by atoms with Crippen LogP contribution in [0.5, 0.6) is 0 Å². The second kappa shape index (κ2) is 8.67. The summed E-state index contributed by atoms with van der Waals surface area (Å²) in [5.74, 6) is 0.330. The molecule has 0 saturated carbocycles. The number of carbonyl (C=O) groups is 1. The Labute approximate surface area is 136 Å². The number of halogens is 3. The molecule has 2 rings (SSSR count). The first kappa shape index (κ1) is 19.4. The number of nitrogens with zero attached hydrogens (tertiary/aromatic N) is 1. The van der Waals surface area contributed by atoms with Gasteiger partial charge >= 0.3 is 0 Å².